The number of amides is 1. The van der Waals surface area contributed by atoms with Crippen LogP contribution in [0.4, 0.5) is 0 Å². The third-order valence-corrected chi connectivity index (χ3v) is 6.12. The average Bonchev–Trinajstić information content (AvgIpc) is 3.26. The van der Waals surface area contributed by atoms with Crippen molar-refractivity contribution in [2.24, 2.45) is 7.05 Å². The SMILES string of the molecule is C=CC(=O)N1CCC[C@H](Sc2nc(-c3cnn(C)c3)cn3nccc23)CC1. The number of likely N-dealkylation sites (tertiary alicyclic amines) is 1. The number of carbonyl (C=O) groups is 1. The first-order chi connectivity index (χ1) is 13.1. The normalized spacial score (nSPS) is 17.8. The zero-order valence-electron chi connectivity index (χ0n) is 15.3. The van der Waals surface area contributed by atoms with E-state index in [-0.39, 0.29) is 5.91 Å². The van der Waals surface area contributed by atoms with Crippen LogP contribution in [0.3, 0.4) is 0 Å². The summed E-state index contributed by atoms with van der Waals surface area (Å²) in [4.78, 5) is 18.7. The molecule has 0 spiro atoms. The summed E-state index contributed by atoms with van der Waals surface area (Å²) in [6.45, 7) is 5.16. The molecule has 1 aliphatic heterocycles. The van der Waals surface area contributed by atoms with Crippen LogP contribution in [-0.2, 0) is 11.8 Å². The maximum absolute atomic E-state index is 11.9. The summed E-state index contributed by atoms with van der Waals surface area (Å²) in [5, 5.41) is 10.0. The van der Waals surface area contributed by atoms with Crippen molar-refractivity contribution < 1.29 is 4.79 Å². The minimum atomic E-state index is 0.0236. The lowest BCUT2D eigenvalue weighted by molar-refractivity contribution is -0.125. The lowest BCUT2D eigenvalue weighted by atomic mass is 10.2. The van der Waals surface area contributed by atoms with Gasteiger partial charge < -0.3 is 4.90 Å². The molecule has 4 heterocycles. The number of hydrogen-bond donors (Lipinski definition) is 0. The van der Waals surface area contributed by atoms with E-state index in [1.165, 1.54) is 6.08 Å². The lowest BCUT2D eigenvalue weighted by Gasteiger charge is -2.18. The highest BCUT2D eigenvalue weighted by Gasteiger charge is 2.22. The standard InChI is InChI=1S/C19H22N6OS/c1-3-18(26)24-9-4-5-15(7-10-24)27-19-17-6-8-20-25(17)13-16(22-19)14-11-21-23(2)12-14/h3,6,8,11-13,15H,1,4-5,7,9-10H2,2H3/t15-/m0/s1. The molecule has 4 rings (SSSR count). The molecule has 27 heavy (non-hydrogen) atoms. The number of nitrogens with zero attached hydrogens (tertiary/aromatic N) is 6. The van der Waals surface area contributed by atoms with E-state index < -0.39 is 0 Å². The Morgan fingerprint density at radius 1 is 1.30 bits per heavy atom. The molecule has 8 heteroatoms. The van der Waals surface area contributed by atoms with E-state index in [1.807, 2.05) is 41.1 Å². The van der Waals surface area contributed by atoms with Crippen LogP contribution in [0.15, 0.2) is 48.5 Å². The fourth-order valence-electron chi connectivity index (χ4n) is 3.37. The molecule has 0 saturated carbocycles. The van der Waals surface area contributed by atoms with Crippen LogP contribution >= 0.6 is 11.8 Å². The predicted molar refractivity (Wildman–Crippen MR) is 105 cm³/mol. The molecule has 0 radical (unpaired) electrons. The highest BCUT2D eigenvalue weighted by atomic mass is 32.2. The third-order valence-electron chi connectivity index (χ3n) is 4.80. The van der Waals surface area contributed by atoms with Gasteiger partial charge in [-0.1, -0.05) is 6.58 Å². The molecule has 0 aliphatic carbocycles. The minimum absolute atomic E-state index is 0.0236. The van der Waals surface area contributed by atoms with E-state index in [0.29, 0.717) is 5.25 Å². The maximum atomic E-state index is 11.9. The Balaban J connectivity index is 1.59. The Labute approximate surface area is 162 Å². The highest BCUT2D eigenvalue weighted by molar-refractivity contribution is 8.00. The van der Waals surface area contributed by atoms with E-state index in [0.717, 1.165) is 54.2 Å². The summed E-state index contributed by atoms with van der Waals surface area (Å²) in [5.74, 6) is 0.0236. The van der Waals surface area contributed by atoms with E-state index in [4.69, 9.17) is 4.98 Å². The number of rotatable bonds is 4. The van der Waals surface area contributed by atoms with Gasteiger partial charge in [0.05, 0.1) is 29.8 Å². The van der Waals surface area contributed by atoms with Crippen LogP contribution in [0.1, 0.15) is 19.3 Å². The van der Waals surface area contributed by atoms with Gasteiger partial charge in [0.25, 0.3) is 0 Å². The Hall–Kier alpha value is -2.61. The van der Waals surface area contributed by atoms with Crippen molar-refractivity contribution in [3.05, 3.63) is 43.5 Å². The van der Waals surface area contributed by atoms with Crippen molar-refractivity contribution in [3.63, 3.8) is 0 Å². The first-order valence-corrected chi connectivity index (χ1v) is 9.93. The summed E-state index contributed by atoms with van der Waals surface area (Å²) >= 11 is 1.79. The predicted octanol–water partition coefficient (Wildman–Crippen LogP) is 2.79. The summed E-state index contributed by atoms with van der Waals surface area (Å²) < 4.78 is 3.65. The van der Waals surface area contributed by atoms with Gasteiger partial charge in [-0.25, -0.2) is 9.50 Å². The molecule has 0 aromatic carbocycles. The quantitative estimate of drug-likeness (QED) is 0.649. The zero-order valence-corrected chi connectivity index (χ0v) is 16.1. The molecule has 3 aromatic heterocycles. The van der Waals surface area contributed by atoms with E-state index in [1.54, 1.807) is 22.6 Å². The summed E-state index contributed by atoms with van der Waals surface area (Å²) in [6, 6.07) is 1.99. The molecule has 3 aromatic rings. The van der Waals surface area contributed by atoms with Crippen LogP contribution in [0.25, 0.3) is 16.8 Å². The molecular weight excluding hydrogens is 360 g/mol. The van der Waals surface area contributed by atoms with Crippen molar-refractivity contribution >= 4 is 23.2 Å². The van der Waals surface area contributed by atoms with Gasteiger partial charge in [0.2, 0.25) is 5.91 Å². The second-order valence-corrected chi connectivity index (χ2v) is 7.98. The average molecular weight is 382 g/mol. The van der Waals surface area contributed by atoms with Gasteiger partial charge in [0.1, 0.15) is 5.03 Å². The zero-order chi connectivity index (χ0) is 18.8. The van der Waals surface area contributed by atoms with Crippen LogP contribution in [0.5, 0.6) is 0 Å². The van der Waals surface area contributed by atoms with Crippen LogP contribution < -0.4 is 0 Å². The van der Waals surface area contributed by atoms with Gasteiger partial charge in [-0.3, -0.25) is 9.48 Å². The van der Waals surface area contributed by atoms with Crippen LogP contribution in [-0.4, -0.2) is 53.5 Å². The molecule has 1 fully saturated rings. The number of aryl methyl sites for hydroxylation is 1. The smallest absolute Gasteiger partial charge is 0.245 e. The lowest BCUT2D eigenvalue weighted by Crippen LogP contribution is -2.30. The Kier molecular flexibility index (Phi) is 4.98. The van der Waals surface area contributed by atoms with Gasteiger partial charge in [-0.05, 0) is 31.4 Å². The summed E-state index contributed by atoms with van der Waals surface area (Å²) in [6.07, 6.45) is 11.9. The largest absolute Gasteiger partial charge is 0.339 e. The Bertz CT molecular complexity index is 978. The number of hydrogen-bond acceptors (Lipinski definition) is 5. The summed E-state index contributed by atoms with van der Waals surface area (Å²) in [7, 11) is 1.90. The molecular formula is C19H22N6OS. The van der Waals surface area contributed by atoms with Gasteiger partial charge in [-0.15, -0.1) is 11.8 Å². The Morgan fingerprint density at radius 2 is 2.19 bits per heavy atom. The molecule has 0 N–H and O–H groups in total. The molecule has 1 aliphatic rings. The number of fused-ring (bicyclic) bond motifs is 1. The van der Waals surface area contributed by atoms with Crippen LogP contribution in [0, 0.1) is 0 Å². The summed E-state index contributed by atoms with van der Waals surface area (Å²) in [5.41, 5.74) is 2.84. The topological polar surface area (TPSA) is 68.3 Å². The molecule has 1 saturated heterocycles. The Morgan fingerprint density at radius 3 is 2.96 bits per heavy atom. The number of aromatic nitrogens is 5. The monoisotopic (exact) mass is 382 g/mol. The highest BCUT2D eigenvalue weighted by Crippen LogP contribution is 2.33. The number of thioether (sulfide) groups is 1. The van der Waals surface area contributed by atoms with Crippen molar-refractivity contribution in [3.8, 4) is 11.3 Å². The second kappa shape index (κ2) is 7.56. The minimum Gasteiger partial charge on any atom is -0.339 e. The van der Waals surface area contributed by atoms with E-state index in [9.17, 15) is 4.79 Å². The van der Waals surface area contributed by atoms with Crippen LogP contribution in [0.2, 0.25) is 0 Å². The van der Waals surface area contributed by atoms with E-state index >= 15 is 0 Å². The molecule has 7 nitrogen and oxygen atoms in total. The van der Waals surface area contributed by atoms with E-state index in [2.05, 4.69) is 16.8 Å². The van der Waals surface area contributed by atoms with Crippen molar-refractivity contribution in [1.29, 1.82) is 0 Å². The molecule has 1 atom stereocenters. The number of carbonyl (C=O) groups excluding carboxylic acids is 1. The van der Waals surface area contributed by atoms with Gasteiger partial charge in [-0.2, -0.15) is 10.2 Å². The first-order valence-electron chi connectivity index (χ1n) is 9.05. The third kappa shape index (κ3) is 3.75. The van der Waals surface area contributed by atoms with Gasteiger partial charge >= 0.3 is 0 Å². The van der Waals surface area contributed by atoms with Crippen molar-refractivity contribution in [2.75, 3.05) is 13.1 Å². The second-order valence-electron chi connectivity index (χ2n) is 6.70. The molecule has 140 valence electrons. The maximum Gasteiger partial charge on any atom is 0.245 e. The van der Waals surface area contributed by atoms with Crippen molar-refractivity contribution in [1.82, 2.24) is 29.3 Å². The first kappa shape index (κ1) is 17.8. The molecule has 0 unspecified atom stereocenters. The fourth-order valence-corrected chi connectivity index (χ4v) is 4.63. The van der Waals surface area contributed by atoms with Gasteiger partial charge in [0, 0.05) is 37.1 Å². The van der Waals surface area contributed by atoms with Gasteiger partial charge in [0.15, 0.2) is 0 Å². The van der Waals surface area contributed by atoms with Crippen molar-refractivity contribution in [2.45, 2.75) is 29.5 Å². The molecule has 1 amide bonds. The molecule has 0 bridgehead atoms. The fraction of sp³-hybridized carbons (Fsp3) is 0.368.